The molecule has 1 N–H and O–H groups in total. The molecule has 2 aromatic carbocycles. The number of nitrogens with zero attached hydrogens (tertiary/aromatic N) is 1. The third kappa shape index (κ3) is 5.13. The van der Waals surface area contributed by atoms with E-state index in [-0.39, 0.29) is 21.8 Å². The lowest BCUT2D eigenvalue weighted by atomic mass is 10.1. The lowest BCUT2D eigenvalue weighted by Gasteiger charge is -2.29. The second-order valence-electron chi connectivity index (χ2n) is 6.00. The molecule has 1 amide bonds. The molecule has 0 radical (unpaired) electrons. The summed E-state index contributed by atoms with van der Waals surface area (Å²) in [5.74, 6) is -0.428. The van der Waals surface area contributed by atoms with Crippen LogP contribution in [0.15, 0.2) is 48.5 Å². The van der Waals surface area contributed by atoms with Gasteiger partial charge in [0.25, 0.3) is 0 Å². The summed E-state index contributed by atoms with van der Waals surface area (Å²) in [6, 6.07) is 12.6. The predicted octanol–water partition coefficient (Wildman–Crippen LogP) is 4.03. The van der Waals surface area contributed by atoms with Crippen LogP contribution in [0.1, 0.15) is 25.5 Å². The summed E-state index contributed by atoms with van der Waals surface area (Å²) < 4.78 is 25.6. The molecule has 140 valence electrons. The topological polar surface area (TPSA) is 66.5 Å². The van der Waals surface area contributed by atoms with Gasteiger partial charge < -0.3 is 5.32 Å². The van der Waals surface area contributed by atoms with Crippen LogP contribution in [0.25, 0.3) is 0 Å². The molecular formula is C18H20Cl2N2O3S. The predicted molar refractivity (Wildman–Crippen MR) is 106 cm³/mol. The molecule has 0 saturated carbocycles. The zero-order valence-electron chi connectivity index (χ0n) is 14.6. The number of halogens is 2. The van der Waals surface area contributed by atoms with Crippen molar-refractivity contribution in [2.45, 2.75) is 25.9 Å². The second-order valence-corrected chi connectivity index (χ2v) is 8.74. The number of anilines is 1. The minimum absolute atomic E-state index is 0.236. The lowest BCUT2D eigenvalue weighted by Crippen LogP contribution is -2.48. The van der Waals surface area contributed by atoms with Crippen molar-refractivity contribution >= 4 is 44.8 Å². The average Bonchev–Trinajstić information content (AvgIpc) is 2.53. The molecule has 0 fully saturated rings. The number of nitrogens with one attached hydrogen (secondary N) is 1. The molecule has 26 heavy (non-hydrogen) atoms. The summed E-state index contributed by atoms with van der Waals surface area (Å²) in [5, 5.41) is 3.40. The molecule has 5 nitrogen and oxygen atoms in total. The minimum Gasteiger partial charge on any atom is -0.348 e. The van der Waals surface area contributed by atoms with E-state index < -0.39 is 22.0 Å². The molecule has 2 rings (SSSR count). The number of hydrogen-bond donors (Lipinski definition) is 1. The van der Waals surface area contributed by atoms with Gasteiger partial charge >= 0.3 is 0 Å². The molecule has 0 aromatic heterocycles. The van der Waals surface area contributed by atoms with Crippen LogP contribution in [0.3, 0.4) is 0 Å². The molecular weight excluding hydrogens is 395 g/mol. The Labute approximate surface area is 164 Å². The van der Waals surface area contributed by atoms with Crippen molar-refractivity contribution in [1.29, 1.82) is 0 Å². The number of benzene rings is 2. The van der Waals surface area contributed by atoms with E-state index >= 15 is 0 Å². The van der Waals surface area contributed by atoms with Crippen molar-refractivity contribution in [3.05, 3.63) is 64.1 Å². The zero-order chi connectivity index (χ0) is 19.5. The Morgan fingerprint density at radius 3 is 2.08 bits per heavy atom. The number of carbonyl (C=O) groups excluding carboxylic acids is 1. The summed E-state index contributed by atoms with van der Waals surface area (Å²) in [5.41, 5.74) is 1.16. The second kappa shape index (κ2) is 8.29. The highest BCUT2D eigenvalue weighted by atomic mass is 35.5. The van der Waals surface area contributed by atoms with Gasteiger partial charge in [-0.15, -0.1) is 0 Å². The van der Waals surface area contributed by atoms with Crippen molar-refractivity contribution in [1.82, 2.24) is 5.32 Å². The fourth-order valence-corrected chi connectivity index (χ4v) is 4.31. The van der Waals surface area contributed by atoms with Gasteiger partial charge in [0.15, 0.2) is 0 Å². The van der Waals surface area contributed by atoms with E-state index in [0.717, 1.165) is 16.1 Å². The van der Waals surface area contributed by atoms with Crippen LogP contribution in [-0.2, 0) is 14.8 Å². The summed E-state index contributed by atoms with van der Waals surface area (Å²) in [4.78, 5) is 12.7. The Morgan fingerprint density at radius 1 is 1.04 bits per heavy atom. The maximum atomic E-state index is 12.7. The van der Waals surface area contributed by atoms with Gasteiger partial charge in [0.1, 0.15) is 6.04 Å². The molecule has 2 aromatic rings. The third-order valence-electron chi connectivity index (χ3n) is 3.85. The van der Waals surface area contributed by atoms with Crippen molar-refractivity contribution in [3.8, 4) is 0 Å². The number of hydrogen-bond acceptors (Lipinski definition) is 3. The van der Waals surface area contributed by atoms with E-state index in [1.54, 1.807) is 0 Å². The largest absolute Gasteiger partial charge is 0.348 e. The normalized spacial score (nSPS) is 13.7. The first kappa shape index (κ1) is 20.6. The first-order chi connectivity index (χ1) is 12.1. The summed E-state index contributed by atoms with van der Waals surface area (Å²) >= 11 is 12.0. The van der Waals surface area contributed by atoms with Gasteiger partial charge in [-0.25, -0.2) is 8.42 Å². The average molecular weight is 415 g/mol. The number of rotatable bonds is 6. The molecule has 2 atom stereocenters. The van der Waals surface area contributed by atoms with Gasteiger partial charge in [-0.05, 0) is 37.6 Å². The van der Waals surface area contributed by atoms with E-state index in [1.807, 2.05) is 37.3 Å². The van der Waals surface area contributed by atoms with E-state index in [4.69, 9.17) is 23.2 Å². The summed E-state index contributed by atoms with van der Waals surface area (Å²) in [6.07, 6.45) is 1.03. The monoisotopic (exact) mass is 414 g/mol. The summed E-state index contributed by atoms with van der Waals surface area (Å²) in [6.45, 7) is 3.35. The Kier molecular flexibility index (Phi) is 6.55. The van der Waals surface area contributed by atoms with Gasteiger partial charge in [0.05, 0.1) is 18.0 Å². The number of carbonyl (C=O) groups is 1. The van der Waals surface area contributed by atoms with Crippen LogP contribution in [0.4, 0.5) is 5.69 Å². The molecule has 2 unspecified atom stereocenters. The highest BCUT2D eigenvalue weighted by Crippen LogP contribution is 2.28. The van der Waals surface area contributed by atoms with Gasteiger partial charge in [0.2, 0.25) is 15.9 Å². The SMILES string of the molecule is CC(NC(=O)C(C)N(c1cc(Cl)cc(Cl)c1)S(C)(=O)=O)c1ccccc1. The van der Waals surface area contributed by atoms with Crippen molar-refractivity contribution in [2.75, 3.05) is 10.6 Å². The Bertz CT molecular complexity index is 868. The highest BCUT2D eigenvalue weighted by Gasteiger charge is 2.30. The first-order valence-electron chi connectivity index (χ1n) is 7.90. The lowest BCUT2D eigenvalue weighted by molar-refractivity contribution is -0.122. The number of amides is 1. The summed E-state index contributed by atoms with van der Waals surface area (Å²) in [7, 11) is -3.74. The zero-order valence-corrected chi connectivity index (χ0v) is 16.9. The van der Waals surface area contributed by atoms with Crippen LogP contribution in [0, 0.1) is 0 Å². The van der Waals surface area contributed by atoms with Crippen molar-refractivity contribution < 1.29 is 13.2 Å². The smallest absolute Gasteiger partial charge is 0.244 e. The van der Waals surface area contributed by atoms with Gasteiger partial charge in [-0.3, -0.25) is 9.10 Å². The fraction of sp³-hybridized carbons (Fsp3) is 0.278. The molecule has 0 bridgehead atoms. The molecule has 0 aliphatic heterocycles. The quantitative estimate of drug-likeness (QED) is 0.775. The van der Waals surface area contributed by atoms with Gasteiger partial charge in [0, 0.05) is 10.0 Å². The van der Waals surface area contributed by atoms with E-state index in [2.05, 4.69) is 5.32 Å². The van der Waals surface area contributed by atoms with Crippen LogP contribution in [0.2, 0.25) is 10.0 Å². The van der Waals surface area contributed by atoms with E-state index in [9.17, 15) is 13.2 Å². The standard InChI is InChI=1S/C18H20Cl2N2O3S/c1-12(14-7-5-4-6-8-14)21-18(23)13(2)22(26(3,24)25)17-10-15(19)9-16(20)11-17/h4-13H,1-3H3,(H,21,23). The van der Waals surface area contributed by atoms with Crippen LogP contribution >= 0.6 is 23.2 Å². The highest BCUT2D eigenvalue weighted by molar-refractivity contribution is 7.92. The van der Waals surface area contributed by atoms with Crippen molar-refractivity contribution in [3.63, 3.8) is 0 Å². The number of sulfonamides is 1. The molecule has 8 heteroatoms. The fourth-order valence-electron chi connectivity index (χ4n) is 2.63. The van der Waals surface area contributed by atoms with Gasteiger partial charge in [-0.2, -0.15) is 0 Å². The van der Waals surface area contributed by atoms with E-state index in [1.165, 1.54) is 25.1 Å². The molecule has 0 heterocycles. The van der Waals surface area contributed by atoms with Crippen LogP contribution in [0.5, 0.6) is 0 Å². The Balaban J connectivity index is 2.29. The van der Waals surface area contributed by atoms with Crippen LogP contribution < -0.4 is 9.62 Å². The molecule has 0 saturated heterocycles. The maximum absolute atomic E-state index is 12.7. The van der Waals surface area contributed by atoms with Gasteiger partial charge in [-0.1, -0.05) is 53.5 Å². The molecule has 0 aliphatic carbocycles. The Morgan fingerprint density at radius 2 is 1.58 bits per heavy atom. The molecule has 0 aliphatic rings. The maximum Gasteiger partial charge on any atom is 0.244 e. The van der Waals surface area contributed by atoms with Crippen LogP contribution in [-0.4, -0.2) is 26.6 Å². The first-order valence-corrected chi connectivity index (χ1v) is 10.5. The molecule has 0 spiro atoms. The Hall–Kier alpha value is -1.76. The third-order valence-corrected chi connectivity index (χ3v) is 5.53. The minimum atomic E-state index is -3.74. The van der Waals surface area contributed by atoms with Crippen molar-refractivity contribution in [2.24, 2.45) is 0 Å². The van der Waals surface area contributed by atoms with E-state index in [0.29, 0.717) is 0 Å².